The highest BCUT2D eigenvalue weighted by atomic mass is 79.9. The van der Waals surface area contributed by atoms with Crippen molar-refractivity contribution in [1.29, 1.82) is 0 Å². The molecule has 1 saturated carbocycles. The zero-order valence-corrected chi connectivity index (χ0v) is 20.4. The Labute approximate surface area is 209 Å². The number of hydrogen-bond donors (Lipinski definition) is 3. The maximum Gasteiger partial charge on any atom is 0.254 e. The van der Waals surface area contributed by atoms with E-state index in [1.165, 1.54) is 30.5 Å². The third-order valence-corrected chi connectivity index (χ3v) is 6.62. The van der Waals surface area contributed by atoms with Crippen molar-refractivity contribution in [3.8, 4) is 11.3 Å². The molecule has 10 heteroatoms. The standard InChI is InChI=1S/C25H25BrF3N5O/c26-16-6-15(8-18(28)10-16)21(11-30)34-25(35)19-5-4-14(9-20(19)29)23-24(31)32-12-22(33-23)13-2-1-3-17(27)7-13/h4-6,8-10,12-13,17,21H,1-3,7,11,30H2,(H2,31,32)(H,34,35)/t13?,17-,21+/m0/s1. The highest BCUT2D eigenvalue weighted by Gasteiger charge is 2.25. The van der Waals surface area contributed by atoms with Gasteiger partial charge in [0.15, 0.2) is 0 Å². The Morgan fingerprint density at radius 2 is 2.00 bits per heavy atom. The topological polar surface area (TPSA) is 107 Å². The van der Waals surface area contributed by atoms with Crippen LogP contribution in [0.4, 0.5) is 19.0 Å². The second-order valence-corrected chi connectivity index (χ2v) is 9.56. The first-order valence-electron chi connectivity index (χ1n) is 11.3. The molecule has 3 atom stereocenters. The fourth-order valence-electron chi connectivity index (χ4n) is 4.36. The average Bonchev–Trinajstić information content (AvgIpc) is 2.82. The molecule has 184 valence electrons. The van der Waals surface area contributed by atoms with Gasteiger partial charge in [0.1, 0.15) is 29.3 Å². The van der Waals surface area contributed by atoms with Crippen LogP contribution < -0.4 is 16.8 Å². The zero-order valence-electron chi connectivity index (χ0n) is 18.8. The molecule has 0 bridgehead atoms. The molecule has 35 heavy (non-hydrogen) atoms. The molecular weight excluding hydrogens is 523 g/mol. The number of nitrogen functional groups attached to an aromatic ring is 1. The number of carbonyl (C=O) groups is 1. The van der Waals surface area contributed by atoms with Crippen LogP contribution >= 0.6 is 15.9 Å². The second kappa shape index (κ2) is 10.7. The Morgan fingerprint density at radius 3 is 2.69 bits per heavy atom. The number of aromatic nitrogens is 2. The van der Waals surface area contributed by atoms with E-state index in [1.54, 1.807) is 6.07 Å². The molecule has 1 aliphatic carbocycles. The fraction of sp³-hybridized carbons (Fsp3) is 0.320. The molecule has 1 aliphatic rings. The number of carbonyl (C=O) groups excluding carboxylic acids is 1. The molecule has 6 nitrogen and oxygen atoms in total. The van der Waals surface area contributed by atoms with Gasteiger partial charge in [0, 0.05) is 22.5 Å². The third-order valence-electron chi connectivity index (χ3n) is 6.16. The first kappa shape index (κ1) is 25.1. The summed E-state index contributed by atoms with van der Waals surface area (Å²) in [5.41, 5.74) is 13.3. The molecule has 0 saturated heterocycles. The van der Waals surface area contributed by atoms with Crippen LogP contribution in [0.2, 0.25) is 0 Å². The van der Waals surface area contributed by atoms with E-state index < -0.39 is 29.8 Å². The molecule has 1 fully saturated rings. The number of alkyl halides is 1. The molecule has 1 amide bonds. The number of amides is 1. The highest BCUT2D eigenvalue weighted by Crippen LogP contribution is 2.35. The van der Waals surface area contributed by atoms with E-state index in [4.69, 9.17) is 11.5 Å². The number of nitrogens with zero attached hydrogens (tertiary/aromatic N) is 2. The van der Waals surface area contributed by atoms with Crippen LogP contribution in [0.15, 0.2) is 47.1 Å². The lowest BCUT2D eigenvalue weighted by atomic mass is 9.86. The van der Waals surface area contributed by atoms with Gasteiger partial charge < -0.3 is 16.8 Å². The monoisotopic (exact) mass is 547 g/mol. The SMILES string of the molecule is NC[C@@H](NC(=O)c1ccc(-c2nc(C3CCC[C@H](F)C3)cnc2N)cc1F)c1cc(F)cc(Br)c1. The molecule has 3 aromatic rings. The number of hydrogen-bond acceptors (Lipinski definition) is 5. The van der Waals surface area contributed by atoms with Crippen LogP contribution in [0.25, 0.3) is 11.3 Å². The summed E-state index contributed by atoms with van der Waals surface area (Å²) in [6, 6.07) is 7.46. The Hall–Kier alpha value is -2.98. The lowest BCUT2D eigenvalue weighted by Gasteiger charge is -2.24. The van der Waals surface area contributed by atoms with E-state index in [-0.39, 0.29) is 29.5 Å². The van der Waals surface area contributed by atoms with Gasteiger partial charge in [-0.1, -0.05) is 22.0 Å². The van der Waals surface area contributed by atoms with Crippen LogP contribution in [0, 0.1) is 11.6 Å². The summed E-state index contributed by atoms with van der Waals surface area (Å²) in [7, 11) is 0. The summed E-state index contributed by atoms with van der Waals surface area (Å²) in [5.74, 6) is -1.94. The van der Waals surface area contributed by atoms with Gasteiger partial charge in [-0.2, -0.15) is 0 Å². The van der Waals surface area contributed by atoms with Gasteiger partial charge in [-0.15, -0.1) is 0 Å². The molecule has 5 N–H and O–H groups in total. The van der Waals surface area contributed by atoms with Gasteiger partial charge >= 0.3 is 0 Å². The summed E-state index contributed by atoms with van der Waals surface area (Å²) >= 11 is 3.21. The minimum absolute atomic E-state index is 0.0127. The number of benzene rings is 2. The molecule has 4 rings (SSSR count). The summed E-state index contributed by atoms with van der Waals surface area (Å²) in [5, 5.41) is 2.64. The molecule has 0 aliphatic heterocycles. The van der Waals surface area contributed by atoms with Crippen molar-refractivity contribution >= 4 is 27.7 Å². The van der Waals surface area contributed by atoms with E-state index in [9.17, 15) is 13.6 Å². The maximum atomic E-state index is 15.0. The normalized spacial score (nSPS) is 18.8. The largest absolute Gasteiger partial charge is 0.382 e. The molecular formula is C25H25BrF3N5O. The van der Waals surface area contributed by atoms with Crippen molar-refractivity contribution in [2.24, 2.45) is 5.73 Å². The second-order valence-electron chi connectivity index (χ2n) is 8.65. The van der Waals surface area contributed by atoms with Crippen molar-refractivity contribution in [3.63, 3.8) is 0 Å². The molecule has 1 unspecified atom stereocenters. The number of rotatable bonds is 6. The van der Waals surface area contributed by atoms with E-state index in [0.717, 1.165) is 18.9 Å². The zero-order chi connectivity index (χ0) is 25.1. The molecule has 0 radical (unpaired) electrons. The van der Waals surface area contributed by atoms with E-state index in [1.807, 2.05) is 0 Å². The summed E-state index contributed by atoms with van der Waals surface area (Å²) in [4.78, 5) is 21.5. The van der Waals surface area contributed by atoms with Gasteiger partial charge in [-0.3, -0.25) is 4.79 Å². The Balaban J connectivity index is 1.56. The van der Waals surface area contributed by atoms with Crippen LogP contribution in [-0.4, -0.2) is 28.6 Å². The Morgan fingerprint density at radius 1 is 1.20 bits per heavy atom. The van der Waals surface area contributed by atoms with Crippen LogP contribution in [-0.2, 0) is 0 Å². The van der Waals surface area contributed by atoms with Gasteiger partial charge in [-0.05, 0) is 61.6 Å². The molecule has 0 spiro atoms. The highest BCUT2D eigenvalue weighted by molar-refractivity contribution is 9.10. The summed E-state index contributed by atoms with van der Waals surface area (Å²) in [6.07, 6.45) is 3.14. The lowest BCUT2D eigenvalue weighted by molar-refractivity contribution is 0.0933. The van der Waals surface area contributed by atoms with Gasteiger partial charge in [0.25, 0.3) is 5.91 Å². The van der Waals surface area contributed by atoms with Crippen molar-refractivity contribution in [3.05, 3.63) is 75.5 Å². The van der Waals surface area contributed by atoms with Gasteiger partial charge in [-0.25, -0.2) is 23.1 Å². The number of anilines is 1. The van der Waals surface area contributed by atoms with E-state index >= 15 is 4.39 Å². The predicted octanol–water partition coefficient (Wildman–Crippen LogP) is 5.19. The number of nitrogens with two attached hydrogens (primary N) is 2. The molecule has 1 aromatic heterocycles. The molecule has 2 aromatic carbocycles. The van der Waals surface area contributed by atoms with Gasteiger partial charge in [0.05, 0.1) is 23.5 Å². The van der Waals surface area contributed by atoms with Crippen molar-refractivity contribution in [2.75, 3.05) is 12.3 Å². The van der Waals surface area contributed by atoms with Crippen molar-refractivity contribution < 1.29 is 18.0 Å². The smallest absolute Gasteiger partial charge is 0.254 e. The average molecular weight is 548 g/mol. The van der Waals surface area contributed by atoms with Gasteiger partial charge in [0.2, 0.25) is 0 Å². The van der Waals surface area contributed by atoms with E-state index in [0.29, 0.717) is 34.1 Å². The summed E-state index contributed by atoms with van der Waals surface area (Å²) < 4.78 is 43.1. The van der Waals surface area contributed by atoms with Crippen LogP contribution in [0.1, 0.15) is 59.3 Å². The van der Waals surface area contributed by atoms with Crippen molar-refractivity contribution in [2.45, 2.75) is 43.8 Å². The maximum absolute atomic E-state index is 15.0. The minimum atomic E-state index is -0.877. The van der Waals surface area contributed by atoms with Crippen molar-refractivity contribution in [1.82, 2.24) is 15.3 Å². The first-order chi connectivity index (χ1) is 16.7. The fourth-order valence-corrected chi connectivity index (χ4v) is 4.84. The Bertz CT molecular complexity index is 1220. The predicted molar refractivity (Wildman–Crippen MR) is 131 cm³/mol. The number of nitrogens with one attached hydrogen (secondary N) is 1. The number of halogens is 4. The third kappa shape index (κ3) is 5.82. The summed E-state index contributed by atoms with van der Waals surface area (Å²) in [6.45, 7) is -0.0127. The quantitative estimate of drug-likeness (QED) is 0.393. The van der Waals surface area contributed by atoms with Crippen LogP contribution in [0.3, 0.4) is 0 Å². The minimum Gasteiger partial charge on any atom is -0.382 e. The lowest BCUT2D eigenvalue weighted by Crippen LogP contribution is -2.34. The Kier molecular flexibility index (Phi) is 7.71. The molecule has 1 heterocycles. The van der Waals surface area contributed by atoms with Crippen LogP contribution in [0.5, 0.6) is 0 Å². The first-order valence-corrected chi connectivity index (χ1v) is 12.1. The van der Waals surface area contributed by atoms with E-state index in [2.05, 4.69) is 31.2 Å².